The van der Waals surface area contributed by atoms with Gasteiger partial charge in [-0.2, -0.15) is 5.10 Å². The molecule has 2 heteroatoms. The van der Waals surface area contributed by atoms with Crippen molar-refractivity contribution in [1.82, 2.24) is 9.78 Å². The van der Waals surface area contributed by atoms with Crippen molar-refractivity contribution in [3.8, 4) is 0 Å². The molecule has 9 atom stereocenters. The zero-order chi connectivity index (χ0) is 24.9. The van der Waals surface area contributed by atoms with Gasteiger partial charge in [0.2, 0.25) is 0 Å². The van der Waals surface area contributed by atoms with Crippen LogP contribution in [0.25, 0.3) is 0 Å². The molecule has 1 heterocycles. The average molecular weight is 471 g/mol. The third-order valence-electron chi connectivity index (χ3n) is 10.9. The maximum atomic E-state index is 4.76. The summed E-state index contributed by atoms with van der Waals surface area (Å²) in [6, 6.07) is 0. The van der Waals surface area contributed by atoms with E-state index in [0.29, 0.717) is 11.3 Å². The first-order chi connectivity index (χ1) is 16.4. The van der Waals surface area contributed by atoms with Crippen molar-refractivity contribution in [2.45, 2.75) is 138 Å². The Morgan fingerprint density at radius 2 is 1.71 bits per heavy atom. The molecule has 2 nitrogen and oxygen atoms in total. The van der Waals surface area contributed by atoms with Gasteiger partial charge in [-0.15, -0.1) is 0 Å². The summed E-state index contributed by atoms with van der Waals surface area (Å²) in [5.74, 6) is 7.35. The minimum Gasteiger partial charge on any atom is -0.272 e. The van der Waals surface area contributed by atoms with Crippen molar-refractivity contribution in [3.05, 3.63) is 18.0 Å². The summed E-state index contributed by atoms with van der Waals surface area (Å²) in [7, 11) is 0. The average Bonchev–Trinajstić information content (AvgIpc) is 3.45. The molecule has 4 rings (SSSR count). The Balaban J connectivity index is 0.00000158. The first-order valence-electron chi connectivity index (χ1n) is 15.4. The van der Waals surface area contributed by atoms with Gasteiger partial charge in [0.1, 0.15) is 0 Å². The monoisotopic (exact) mass is 470 g/mol. The number of aromatic nitrogens is 2. The number of nitrogens with zero attached hydrogens (tertiary/aromatic N) is 2. The second-order valence-corrected chi connectivity index (χ2v) is 12.5. The topological polar surface area (TPSA) is 17.8 Å². The maximum Gasteiger partial charge on any atom is 0.0524 e. The van der Waals surface area contributed by atoms with E-state index in [0.717, 1.165) is 48.0 Å². The molecule has 3 aliphatic rings. The number of fused-ring (bicyclic) bond motifs is 3. The van der Waals surface area contributed by atoms with Crippen LogP contribution in [0.15, 0.2) is 12.4 Å². The van der Waals surface area contributed by atoms with E-state index < -0.39 is 0 Å². The molecule has 0 bridgehead atoms. The quantitative estimate of drug-likeness (QED) is 0.351. The van der Waals surface area contributed by atoms with Crippen LogP contribution in [-0.2, 0) is 6.54 Å². The van der Waals surface area contributed by atoms with Crippen molar-refractivity contribution in [3.63, 3.8) is 0 Å². The zero-order valence-electron chi connectivity index (χ0n) is 24.2. The molecule has 196 valence electrons. The van der Waals surface area contributed by atoms with E-state index in [1.165, 1.54) is 76.2 Å². The number of hydrogen-bond donors (Lipinski definition) is 0. The lowest BCUT2D eigenvalue weighted by Gasteiger charge is -2.55. The largest absolute Gasteiger partial charge is 0.272 e. The molecule has 3 fully saturated rings. The highest BCUT2D eigenvalue weighted by atomic mass is 15.3. The van der Waals surface area contributed by atoms with Gasteiger partial charge in [0.15, 0.2) is 0 Å². The summed E-state index contributed by atoms with van der Waals surface area (Å²) in [6.07, 6.45) is 20.4. The van der Waals surface area contributed by atoms with Crippen molar-refractivity contribution in [2.24, 2.45) is 46.8 Å². The summed E-state index contributed by atoms with van der Waals surface area (Å²) < 4.78 is 2.27. The Bertz CT molecular complexity index is 722. The Labute approximate surface area is 213 Å². The first-order valence-corrected chi connectivity index (χ1v) is 15.4. The van der Waals surface area contributed by atoms with Crippen LogP contribution < -0.4 is 0 Å². The molecule has 0 aliphatic heterocycles. The molecule has 0 saturated heterocycles. The minimum atomic E-state index is 0.571. The SMILES string of the molecule is CC.CCCC1CCC2C(CCC3(C)C(C(C)Cn4cc(C(C)CC)cn4)CCC23)C1CCC. The summed E-state index contributed by atoms with van der Waals surface area (Å²) in [5, 5.41) is 4.76. The molecule has 34 heavy (non-hydrogen) atoms. The molecule has 0 spiro atoms. The minimum absolute atomic E-state index is 0.571. The highest BCUT2D eigenvalue weighted by Crippen LogP contribution is 2.65. The van der Waals surface area contributed by atoms with Gasteiger partial charge in [0.25, 0.3) is 0 Å². The van der Waals surface area contributed by atoms with Gasteiger partial charge < -0.3 is 0 Å². The Morgan fingerprint density at radius 3 is 2.38 bits per heavy atom. The van der Waals surface area contributed by atoms with Crippen molar-refractivity contribution in [1.29, 1.82) is 0 Å². The normalized spacial score (nSPS) is 36.7. The molecular formula is C32H58N2. The Kier molecular flexibility index (Phi) is 10.2. The highest BCUT2D eigenvalue weighted by molar-refractivity contribution is 5.10. The lowest BCUT2D eigenvalue weighted by molar-refractivity contribution is -0.0634. The van der Waals surface area contributed by atoms with Gasteiger partial charge >= 0.3 is 0 Å². The third-order valence-corrected chi connectivity index (χ3v) is 10.9. The molecule has 3 aliphatic carbocycles. The van der Waals surface area contributed by atoms with Gasteiger partial charge in [0, 0.05) is 12.7 Å². The lowest BCUT2D eigenvalue weighted by atomic mass is 9.50. The lowest BCUT2D eigenvalue weighted by Crippen LogP contribution is -2.48. The Morgan fingerprint density at radius 1 is 0.971 bits per heavy atom. The standard InChI is InChI=1S/C30H52N2.C2H6/c1-7-10-23-12-13-27-26(25(23)11-8-2)16-17-30(6)28(14-15-29(27)30)22(5)19-32-20-24(18-31-32)21(4)9-3;1-2/h18,20-23,25-29H,7-17,19H2,1-6H3;1-2H3. The van der Waals surface area contributed by atoms with Crippen molar-refractivity contribution >= 4 is 0 Å². The number of hydrogen-bond acceptors (Lipinski definition) is 1. The van der Waals surface area contributed by atoms with Gasteiger partial charge in [0.05, 0.1) is 6.20 Å². The molecule has 1 aromatic rings. The van der Waals surface area contributed by atoms with Crippen LogP contribution in [0.4, 0.5) is 0 Å². The van der Waals surface area contributed by atoms with E-state index in [1.54, 1.807) is 0 Å². The predicted molar refractivity (Wildman–Crippen MR) is 148 cm³/mol. The maximum absolute atomic E-state index is 4.76. The van der Waals surface area contributed by atoms with Crippen LogP contribution in [0.2, 0.25) is 0 Å². The molecule has 3 saturated carbocycles. The second-order valence-electron chi connectivity index (χ2n) is 12.5. The van der Waals surface area contributed by atoms with Crippen LogP contribution in [-0.4, -0.2) is 9.78 Å². The van der Waals surface area contributed by atoms with E-state index in [1.807, 2.05) is 13.8 Å². The Hall–Kier alpha value is -0.790. The summed E-state index contributed by atoms with van der Waals surface area (Å²) in [4.78, 5) is 0. The van der Waals surface area contributed by atoms with Crippen LogP contribution in [0.5, 0.6) is 0 Å². The van der Waals surface area contributed by atoms with Gasteiger partial charge in [-0.05, 0) is 103 Å². The van der Waals surface area contributed by atoms with Gasteiger partial charge in [-0.3, -0.25) is 4.68 Å². The molecule has 0 aromatic carbocycles. The zero-order valence-corrected chi connectivity index (χ0v) is 24.2. The molecule has 0 N–H and O–H groups in total. The van der Waals surface area contributed by atoms with Gasteiger partial charge in [-0.1, -0.05) is 81.1 Å². The fraction of sp³-hybridized carbons (Fsp3) is 0.906. The molecule has 9 unspecified atom stereocenters. The van der Waals surface area contributed by atoms with Crippen LogP contribution in [0.3, 0.4) is 0 Å². The van der Waals surface area contributed by atoms with E-state index in [-0.39, 0.29) is 0 Å². The summed E-state index contributed by atoms with van der Waals surface area (Å²) in [5.41, 5.74) is 1.99. The van der Waals surface area contributed by atoms with Crippen LogP contribution in [0, 0.1) is 46.8 Å². The van der Waals surface area contributed by atoms with E-state index >= 15 is 0 Å². The van der Waals surface area contributed by atoms with E-state index in [2.05, 4.69) is 58.6 Å². The summed E-state index contributed by atoms with van der Waals surface area (Å²) >= 11 is 0. The molecular weight excluding hydrogens is 412 g/mol. The third kappa shape index (κ3) is 5.46. The smallest absolute Gasteiger partial charge is 0.0524 e. The van der Waals surface area contributed by atoms with E-state index in [9.17, 15) is 0 Å². The predicted octanol–water partition coefficient (Wildman–Crippen LogP) is 9.74. The fourth-order valence-corrected chi connectivity index (χ4v) is 9.11. The van der Waals surface area contributed by atoms with Crippen LogP contribution in [0.1, 0.15) is 138 Å². The molecule has 0 amide bonds. The van der Waals surface area contributed by atoms with Gasteiger partial charge in [-0.25, -0.2) is 0 Å². The fourth-order valence-electron chi connectivity index (χ4n) is 9.11. The van der Waals surface area contributed by atoms with E-state index in [4.69, 9.17) is 5.10 Å². The number of rotatable bonds is 9. The summed E-state index contributed by atoms with van der Waals surface area (Å²) in [6.45, 7) is 19.8. The first kappa shape index (κ1) is 27.8. The molecule has 1 aromatic heterocycles. The second kappa shape index (κ2) is 12.4. The van der Waals surface area contributed by atoms with Crippen LogP contribution >= 0.6 is 0 Å². The molecule has 0 radical (unpaired) electrons. The highest BCUT2D eigenvalue weighted by Gasteiger charge is 2.57. The van der Waals surface area contributed by atoms with Crippen molar-refractivity contribution < 1.29 is 0 Å². The van der Waals surface area contributed by atoms with Crippen molar-refractivity contribution in [2.75, 3.05) is 0 Å².